The third-order valence-corrected chi connectivity index (χ3v) is 6.16. The number of H-pyrrole nitrogens is 3. The maximum atomic E-state index is 6.70. The number of fused-ring (bicyclic) bond motifs is 1. The van der Waals surface area contributed by atoms with Crippen molar-refractivity contribution in [2.45, 2.75) is 47.6 Å². The number of hydrogen-bond acceptors (Lipinski definition) is 4. The van der Waals surface area contributed by atoms with Gasteiger partial charge in [0.15, 0.2) is 6.10 Å². The first-order valence-electron chi connectivity index (χ1n) is 10.4. The van der Waals surface area contributed by atoms with E-state index in [0.29, 0.717) is 0 Å². The second-order valence-corrected chi connectivity index (χ2v) is 8.25. The van der Waals surface area contributed by atoms with Crippen LogP contribution < -0.4 is 4.74 Å². The van der Waals surface area contributed by atoms with Crippen LogP contribution in [0, 0.1) is 41.5 Å². The third kappa shape index (κ3) is 2.84. The summed E-state index contributed by atoms with van der Waals surface area (Å²) in [6.07, 6.45) is -0.327. The van der Waals surface area contributed by atoms with Gasteiger partial charge < -0.3 is 4.74 Å². The summed E-state index contributed by atoms with van der Waals surface area (Å²) in [5.74, 6) is 0.852. The quantitative estimate of drug-likeness (QED) is 0.449. The maximum Gasteiger partial charge on any atom is 0.154 e. The fourth-order valence-electron chi connectivity index (χ4n) is 4.78. The molecule has 0 fully saturated rings. The predicted molar refractivity (Wildman–Crippen MR) is 120 cm³/mol. The van der Waals surface area contributed by atoms with Crippen LogP contribution in [0.5, 0.6) is 5.75 Å². The molecule has 3 N–H and O–H groups in total. The molecule has 1 unspecified atom stereocenters. The van der Waals surface area contributed by atoms with E-state index < -0.39 is 0 Å². The van der Waals surface area contributed by atoms with Gasteiger partial charge in [0.2, 0.25) is 0 Å². The highest BCUT2D eigenvalue weighted by atomic mass is 16.5. The molecule has 31 heavy (non-hydrogen) atoms. The van der Waals surface area contributed by atoms with E-state index in [2.05, 4.69) is 50.5 Å². The summed E-state index contributed by atoms with van der Waals surface area (Å²) < 4.78 is 6.70. The Morgan fingerprint density at radius 3 is 1.87 bits per heavy atom. The van der Waals surface area contributed by atoms with Crippen molar-refractivity contribution in [3.63, 3.8) is 0 Å². The Morgan fingerprint density at radius 1 is 0.710 bits per heavy atom. The van der Waals surface area contributed by atoms with Gasteiger partial charge in [-0.3, -0.25) is 15.3 Å². The molecule has 7 heteroatoms. The number of aryl methyl sites for hydroxylation is 6. The van der Waals surface area contributed by atoms with E-state index in [4.69, 9.17) is 4.74 Å². The highest BCUT2D eigenvalue weighted by Crippen LogP contribution is 2.51. The molecule has 3 aromatic heterocycles. The minimum absolute atomic E-state index is 0.327. The summed E-state index contributed by atoms with van der Waals surface area (Å²) >= 11 is 0. The van der Waals surface area contributed by atoms with Crippen LogP contribution in [0.15, 0.2) is 24.3 Å². The Hall–Kier alpha value is -3.61. The van der Waals surface area contributed by atoms with Gasteiger partial charge in [0, 0.05) is 50.5 Å². The van der Waals surface area contributed by atoms with Crippen molar-refractivity contribution in [2.24, 2.45) is 0 Å². The average Bonchev–Trinajstić information content (AvgIpc) is 3.37. The lowest BCUT2D eigenvalue weighted by molar-refractivity contribution is 0.258. The highest BCUT2D eigenvalue weighted by molar-refractivity contribution is 6.04. The average molecular weight is 415 g/mol. The molecular formula is C24H26N6O. The normalized spacial score (nSPS) is 15.9. The molecule has 0 saturated carbocycles. The topological polar surface area (TPSA) is 95.3 Å². The van der Waals surface area contributed by atoms with E-state index >= 15 is 0 Å². The first-order chi connectivity index (χ1) is 14.9. The predicted octanol–water partition coefficient (Wildman–Crippen LogP) is 4.80. The van der Waals surface area contributed by atoms with Crippen LogP contribution in [0.3, 0.4) is 0 Å². The van der Waals surface area contributed by atoms with Crippen molar-refractivity contribution in [1.29, 1.82) is 0 Å². The van der Waals surface area contributed by atoms with E-state index in [0.717, 1.165) is 73.3 Å². The van der Waals surface area contributed by atoms with Crippen LogP contribution in [-0.4, -0.2) is 30.6 Å². The molecule has 0 aliphatic carbocycles. The number of benzene rings is 1. The minimum Gasteiger partial charge on any atom is -0.480 e. The monoisotopic (exact) mass is 414 g/mol. The molecule has 4 aromatic rings. The summed E-state index contributed by atoms with van der Waals surface area (Å²) in [5.41, 5.74) is 12.4. The molecule has 0 saturated heterocycles. The standard InChI is InChI=1S/C24H26N6O/c1-11-19(12(2)26-25-11)22-17-9-7-8-10-18(17)31-24(21-15(5)29-30-16(21)6)23(22)20-13(3)27-28-14(20)4/h7-10,24H,1-6H3,(H,25,26)(H,27,28)(H,29,30). The first kappa shape index (κ1) is 19.4. The van der Waals surface area contributed by atoms with Gasteiger partial charge in [-0.1, -0.05) is 18.2 Å². The zero-order chi connectivity index (χ0) is 21.9. The highest BCUT2D eigenvalue weighted by Gasteiger charge is 2.37. The van der Waals surface area contributed by atoms with E-state index in [-0.39, 0.29) is 6.10 Å². The molecule has 0 bridgehead atoms. The molecule has 1 aliphatic heterocycles. The zero-order valence-corrected chi connectivity index (χ0v) is 18.6. The number of hydrogen-bond donors (Lipinski definition) is 3. The molecule has 5 rings (SSSR count). The second-order valence-electron chi connectivity index (χ2n) is 8.25. The number of ether oxygens (including phenoxy) is 1. The molecule has 1 aromatic carbocycles. The van der Waals surface area contributed by atoms with E-state index in [1.165, 1.54) is 0 Å². The van der Waals surface area contributed by atoms with Crippen molar-refractivity contribution >= 4 is 11.1 Å². The van der Waals surface area contributed by atoms with Crippen LogP contribution in [0.1, 0.15) is 62.5 Å². The Bertz CT molecular complexity index is 1280. The lowest BCUT2D eigenvalue weighted by atomic mass is 9.80. The fraction of sp³-hybridized carbons (Fsp3) is 0.292. The van der Waals surface area contributed by atoms with Crippen LogP contribution in [0.25, 0.3) is 11.1 Å². The molecular weight excluding hydrogens is 388 g/mol. The second kappa shape index (κ2) is 6.97. The van der Waals surface area contributed by atoms with Gasteiger partial charge in [-0.15, -0.1) is 0 Å². The molecule has 7 nitrogen and oxygen atoms in total. The third-order valence-electron chi connectivity index (χ3n) is 6.16. The summed E-state index contributed by atoms with van der Waals surface area (Å²) in [4.78, 5) is 0. The summed E-state index contributed by atoms with van der Waals surface area (Å²) in [7, 11) is 0. The summed E-state index contributed by atoms with van der Waals surface area (Å²) in [6.45, 7) is 12.3. The van der Waals surface area contributed by atoms with E-state index in [1.54, 1.807) is 0 Å². The van der Waals surface area contributed by atoms with Gasteiger partial charge in [0.1, 0.15) is 5.75 Å². The Morgan fingerprint density at radius 2 is 1.29 bits per heavy atom. The van der Waals surface area contributed by atoms with Crippen molar-refractivity contribution in [2.75, 3.05) is 0 Å². The number of nitrogens with one attached hydrogen (secondary N) is 3. The van der Waals surface area contributed by atoms with Crippen LogP contribution in [0.4, 0.5) is 0 Å². The molecule has 158 valence electrons. The van der Waals surface area contributed by atoms with E-state index in [9.17, 15) is 0 Å². The summed E-state index contributed by atoms with van der Waals surface area (Å²) in [5, 5.41) is 22.9. The number of nitrogens with zero attached hydrogens (tertiary/aromatic N) is 3. The number of aromatic nitrogens is 6. The Kier molecular flexibility index (Phi) is 4.36. The van der Waals surface area contributed by atoms with Gasteiger partial charge in [-0.25, -0.2) is 0 Å². The number of para-hydroxylation sites is 1. The van der Waals surface area contributed by atoms with Crippen molar-refractivity contribution < 1.29 is 4.74 Å². The van der Waals surface area contributed by atoms with Gasteiger partial charge in [-0.2, -0.15) is 15.3 Å². The fourth-order valence-corrected chi connectivity index (χ4v) is 4.78. The molecule has 4 heterocycles. The number of rotatable bonds is 3. The van der Waals surface area contributed by atoms with Crippen LogP contribution in [-0.2, 0) is 0 Å². The molecule has 0 amide bonds. The molecule has 1 atom stereocenters. The maximum absolute atomic E-state index is 6.70. The number of aromatic amines is 3. The van der Waals surface area contributed by atoms with Crippen LogP contribution in [0.2, 0.25) is 0 Å². The zero-order valence-electron chi connectivity index (χ0n) is 18.6. The van der Waals surface area contributed by atoms with Gasteiger partial charge in [0.05, 0.1) is 17.1 Å². The van der Waals surface area contributed by atoms with Crippen molar-refractivity contribution in [3.05, 3.63) is 80.7 Å². The lowest BCUT2D eigenvalue weighted by Crippen LogP contribution is -2.19. The van der Waals surface area contributed by atoms with Gasteiger partial charge in [0.25, 0.3) is 0 Å². The van der Waals surface area contributed by atoms with Crippen LogP contribution >= 0.6 is 0 Å². The van der Waals surface area contributed by atoms with Gasteiger partial charge >= 0.3 is 0 Å². The summed E-state index contributed by atoms with van der Waals surface area (Å²) in [6, 6.07) is 8.21. The SMILES string of the molecule is Cc1n[nH]c(C)c1C1=C(c2c(C)n[nH]c2C)C(c2c(C)n[nH]c2C)Oc2ccccc21. The first-order valence-corrected chi connectivity index (χ1v) is 10.4. The molecule has 1 aliphatic rings. The smallest absolute Gasteiger partial charge is 0.154 e. The Labute approximate surface area is 180 Å². The van der Waals surface area contributed by atoms with Crippen molar-refractivity contribution in [1.82, 2.24) is 30.6 Å². The van der Waals surface area contributed by atoms with Crippen molar-refractivity contribution in [3.8, 4) is 5.75 Å². The lowest BCUT2D eigenvalue weighted by Gasteiger charge is -2.32. The largest absolute Gasteiger partial charge is 0.480 e. The van der Waals surface area contributed by atoms with Gasteiger partial charge in [-0.05, 0) is 47.6 Å². The van der Waals surface area contributed by atoms with E-state index in [1.807, 2.05) is 45.9 Å². The molecule has 0 spiro atoms. The molecule has 0 radical (unpaired) electrons. The Balaban J connectivity index is 1.96. The minimum atomic E-state index is -0.327.